The smallest absolute Gasteiger partial charge is 0.255 e. The second-order valence-corrected chi connectivity index (χ2v) is 4.68. The number of benzene rings is 1. The van der Waals surface area contributed by atoms with Crippen molar-refractivity contribution >= 4 is 11.6 Å². The summed E-state index contributed by atoms with van der Waals surface area (Å²) in [6.07, 6.45) is 5.47. The molecule has 1 aromatic carbocycles. The van der Waals surface area contributed by atoms with Crippen LogP contribution in [0.15, 0.2) is 67.1 Å². The van der Waals surface area contributed by atoms with E-state index in [9.17, 15) is 4.79 Å². The number of carbonyl (C=O) groups is 1. The van der Waals surface area contributed by atoms with E-state index in [0.717, 1.165) is 5.69 Å². The first kappa shape index (κ1) is 13.9. The van der Waals surface area contributed by atoms with Gasteiger partial charge in [0.05, 0.1) is 19.0 Å². The van der Waals surface area contributed by atoms with Crippen LogP contribution in [-0.4, -0.2) is 22.6 Å². The standard InChI is InChI=1S/C17H15N3O2/c1-22-16-9-6-14(12-18-16)19-17(21)13-4-7-15(8-5-13)20-10-2-3-11-20/h2-12H,1H3,(H,19,21). The van der Waals surface area contributed by atoms with E-state index in [1.807, 2.05) is 41.2 Å². The number of rotatable bonds is 4. The van der Waals surface area contributed by atoms with E-state index in [2.05, 4.69) is 10.3 Å². The van der Waals surface area contributed by atoms with Crippen molar-refractivity contribution in [3.8, 4) is 11.6 Å². The largest absolute Gasteiger partial charge is 0.481 e. The molecule has 0 aliphatic carbocycles. The van der Waals surface area contributed by atoms with E-state index in [1.165, 1.54) is 0 Å². The molecule has 3 aromatic rings. The zero-order chi connectivity index (χ0) is 15.4. The van der Waals surface area contributed by atoms with Crippen molar-refractivity contribution in [2.45, 2.75) is 0 Å². The Balaban J connectivity index is 1.71. The molecule has 0 spiro atoms. The average molecular weight is 293 g/mol. The van der Waals surface area contributed by atoms with Gasteiger partial charge in [0.1, 0.15) is 0 Å². The highest BCUT2D eigenvalue weighted by Gasteiger charge is 2.07. The first-order valence-electron chi connectivity index (χ1n) is 6.81. The van der Waals surface area contributed by atoms with Gasteiger partial charge in [-0.1, -0.05) is 0 Å². The summed E-state index contributed by atoms with van der Waals surface area (Å²) in [4.78, 5) is 16.2. The maximum atomic E-state index is 12.2. The number of nitrogens with one attached hydrogen (secondary N) is 1. The van der Waals surface area contributed by atoms with Gasteiger partial charge in [0.2, 0.25) is 5.88 Å². The monoisotopic (exact) mass is 293 g/mol. The number of aromatic nitrogens is 2. The Hall–Kier alpha value is -3.08. The van der Waals surface area contributed by atoms with Gasteiger partial charge >= 0.3 is 0 Å². The molecule has 0 saturated heterocycles. The first-order valence-corrected chi connectivity index (χ1v) is 6.81. The van der Waals surface area contributed by atoms with Crippen LogP contribution in [0.2, 0.25) is 0 Å². The lowest BCUT2D eigenvalue weighted by atomic mass is 10.2. The summed E-state index contributed by atoms with van der Waals surface area (Å²) in [5.41, 5.74) is 2.22. The number of methoxy groups -OCH3 is 1. The molecule has 0 aliphatic rings. The normalized spacial score (nSPS) is 10.2. The average Bonchev–Trinajstić information content (AvgIpc) is 3.10. The molecule has 110 valence electrons. The van der Waals surface area contributed by atoms with Crippen molar-refractivity contribution in [2.75, 3.05) is 12.4 Å². The zero-order valence-corrected chi connectivity index (χ0v) is 12.1. The fourth-order valence-corrected chi connectivity index (χ4v) is 2.07. The number of anilines is 1. The molecule has 0 radical (unpaired) electrons. The number of ether oxygens (including phenoxy) is 1. The number of hydrogen-bond acceptors (Lipinski definition) is 3. The second kappa shape index (κ2) is 6.13. The SMILES string of the molecule is COc1ccc(NC(=O)c2ccc(-n3cccc3)cc2)cn1. The molecule has 1 amide bonds. The summed E-state index contributed by atoms with van der Waals surface area (Å²) in [5.74, 6) is 0.333. The molecule has 0 atom stereocenters. The van der Waals surface area contributed by atoms with Crippen molar-refractivity contribution in [3.05, 3.63) is 72.7 Å². The Morgan fingerprint density at radius 2 is 1.82 bits per heavy atom. The van der Waals surface area contributed by atoms with Gasteiger partial charge in [0.15, 0.2) is 0 Å². The quantitative estimate of drug-likeness (QED) is 0.804. The van der Waals surface area contributed by atoms with Gasteiger partial charge in [-0.25, -0.2) is 4.98 Å². The highest BCUT2D eigenvalue weighted by Crippen LogP contribution is 2.14. The lowest BCUT2D eigenvalue weighted by Gasteiger charge is -2.07. The minimum Gasteiger partial charge on any atom is -0.481 e. The molecule has 5 nitrogen and oxygen atoms in total. The topological polar surface area (TPSA) is 56.1 Å². The van der Waals surface area contributed by atoms with Gasteiger partial charge in [0, 0.05) is 29.7 Å². The maximum absolute atomic E-state index is 12.2. The molecule has 0 unspecified atom stereocenters. The predicted octanol–water partition coefficient (Wildman–Crippen LogP) is 3.13. The minimum absolute atomic E-state index is 0.175. The van der Waals surface area contributed by atoms with Crippen LogP contribution < -0.4 is 10.1 Å². The first-order chi connectivity index (χ1) is 10.8. The summed E-state index contributed by atoms with van der Waals surface area (Å²) < 4.78 is 6.96. The number of amides is 1. The lowest BCUT2D eigenvalue weighted by molar-refractivity contribution is 0.102. The van der Waals surface area contributed by atoms with Crippen LogP contribution in [0.4, 0.5) is 5.69 Å². The summed E-state index contributed by atoms with van der Waals surface area (Å²) in [7, 11) is 1.55. The molecule has 2 aromatic heterocycles. The van der Waals surface area contributed by atoms with Crippen molar-refractivity contribution in [2.24, 2.45) is 0 Å². The molecule has 0 aliphatic heterocycles. The summed E-state index contributed by atoms with van der Waals surface area (Å²) in [6.45, 7) is 0. The predicted molar refractivity (Wildman–Crippen MR) is 84.5 cm³/mol. The van der Waals surface area contributed by atoms with Crippen LogP contribution in [0.1, 0.15) is 10.4 Å². The third-order valence-electron chi connectivity index (χ3n) is 3.24. The van der Waals surface area contributed by atoms with Gasteiger partial charge in [-0.3, -0.25) is 4.79 Å². The van der Waals surface area contributed by atoms with Crippen LogP contribution in [0.5, 0.6) is 5.88 Å². The van der Waals surface area contributed by atoms with Crippen LogP contribution in [0.3, 0.4) is 0 Å². The van der Waals surface area contributed by atoms with Crippen LogP contribution in [0.25, 0.3) is 5.69 Å². The van der Waals surface area contributed by atoms with E-state index >= 15 is 0 Å². The molecular formula is C17H15N3O2. The maximum Gasteiger partial charge on any atom is 0.255 e. The van der Waals surface area contributed by atoms with Crippen molar-refractivity contribution < 1.29 is 9.53 Å². The Kier molecular flexibility index (Phi) is 3.87. The molecule has 22 heavy (non-hydrogen) atoms. The van der Waals surface area contributed by atoms with E-state index in [4.69, 9.17) is 4.74 Å². The van der Waals surface area contributed by atoms with Crippen LogP contribution in [-0.2, 0) is 0 Å². The molecule has 0 bridgehead atoms. The van der Waals surface area contributed by atoms with Gasteiger partial charge < -0.3 is 14.6 Å². The molecule has 0 fully saturated rings. The van der Waals surface area contributed by atoms with Crippen molar-refractivity contribution in [3.63, 3.8) is 0 Å². The number of pyridine rings is 1. The van der Waals surface area contributed by atoms with E-state index < -0.39 is 0 Å². The molecule has 1 N–H and O–H groups in total. The second-order valence-electron chi connectivity index (χ2n) is 4.68. The Morgan fingerprint density at radius 3 is 2.41 bits per heavy atom. The Bertz CT molecular complexity index is 748. The van der Waals surface area contributed by atoms with Gasteiger partial charge in [-0.2, -0.15) is 0 Å². The van der Waals surface area contributed by atoms with E-state index in [-0.39, 0.29) is 5.91 Å². The zero-order valence-electron chi connectivity index (χ0n) is 12.1. The van der Waals surface area contributed by atoms with Gasteiger partial charge in [0.25, 0.3) is 5.91 Å². The van der Waals surface area contributed by atoms with Crippen LogP contribution >= 0.6 is 0 Å². The lowest BCUT2D eigenvalue weighted by Crippen LogP contribution is -2.12. The summed E-state index contributed by atoms with van der Waals surface area (Å²) in [6, 6.07) is 14.8. The third kappa shape index (κ3) is 2.98. The van der Waals surface area contributed by atoms with Crippen molar-refractivity contribution in [1.82, 2.24) is 9.55 Å². The molecule has 3 rings (SSSR count). The summed E-state index contributed by atoms with van der Waals surface area (Å²) >= 11 is 0. The number of hydrogen-bond donors (Lipinski definition) is 1. The summed E-state index contributed by atoms with van der Waals surface area (Å²) in [5, 5.41) is 2.80. The Labute approximate surface area is 128 Å². The third-order valence-corrected chi connectivity index (χ3v) is 3.24. The fourth-order valence-electron chi connectivity index (χ4n) is 2.07. The van der Waals surface area contributed by atoms with Crippen LogP contribution in [0, 0.1) is 0 Å². The van der Waals surface area contributed by atoms with Gasteiger partial charge in [-0.05, 0) is 42.5 Å². The number of nitrogens with zero attached hydrogens (tertiary/aromatic N) is 2. The highest BCUT2D eigenvalue weighted by atomic mass is 16.5. The van der Waals surface area contributed by atoms with E-state index in [0.29, 0.717) is 17.1 Å². The highest BCUT2D eigenvalue weighted by molar-refractivity contribution is 6.04. The van der Waals surface area contributed by atoms with E-state index in [1.54, 1.807) is 37.6 Å². The van der Waals surface area contributed by atoms with Gasteiger partial charge in [-0.15, -0.1) is 0 Å². The van der Waals surface area contributed by atoms with Crippen molar-refractivity contribution in [1.29, 1.82) is 0 Å². The molecule has 5 heteroatoms. The molecule has 2 heterocycles. The fraction of sp³-hybridized carbons (Fsp3) is 0.0588. The minimum atomic E-state index is -0.175. The molecule has 0 saturated carbocycles. The molecular weight excluding hydrogens is 278 g/mol. The number of carbonyl (C=O) groups excluding carboxylic acids is 1. The Morgan fingerprint density at radius 1 is 1.09 bits per heavy atom.